The maximum Gasteiger partial charge on any atom is 0.277 e. The summed E-state index contributed by atoms with van der Waals surface area (Å²) in [6, 6.07) is 5.92. The first-order valence-corrected chi connectivity index (χ1v) is 8.68. The molecule has 128 valence electrons. The quantitative estimate of drug-likeness (QED) is 0.814. The van der Waals surface area contributed by atoms with Gasteiger partial charge in [0.2, 0.25) is 0 Å². The molecule has 0 radical (unpaired) electrons. The Morgan fingerprint density at radius 3 is 3.00 bits per heavy atom. The van der Waals surface area contributed by atoms with Crippen molar-refractivity contribution in [3.8, 4) is 0 Å². The average Bonchev–Trinajstić information content (AvgIpc) is 3.09. The van der Waals surface area contributed by atoms with Gasteiger partial charge >= 0.3 is 0 Å². The molecular weight excluding hydrogens is 374 g/mol. The summed E-state index contributed by atoms with van der Waals surface area (Å²) in [5.74, 6) is -0.273. The molecule has 1 fully saturated rings. The van der Waals surface area contributed by atoms with Gasteiger partial charge in [-0.1, -0.05) is 27.2 Å². The van der Waals surface area contributed by atoms with Gasteiger partial charge in [0.05, 0.1) is 18.8 Å². The number of methoxy groups -OCH3 is 1. The lowest BCUT2D eigenvalue weighted by Crippen LogP contribution is -2.29. The molecule has 0 bridgehead atoms. The fourth-order valence-corrected chi connectivity index (χ4v) is 3.26. The molecule has 2 aromatic rings. The van der Waals surface area contributed by atoms with Crippen LogP contribution in [0.5, 0.6) is 0 Å². The zero-order valence-corrected chi connectivity index (χ0v) is 15.0. The van der Waals surface area contributed by atoms with Crippen molar-refractivity contribution < 1.29 is 9.53 Å². The van der Waals surface area contributed by atoms with E-state index < -0.39 is 0 Å². The molecule has 2 N–H and O–H groups in total. The topological polar surface area (TPSA) is 81.1 Å². The number of nitrogens with one attached hydrogen (secondary N) is 2. The van der Waals surface area contributed by atoms with Crippen LogP contribution < -0.4 is 10.6 Å². The number of hydrogen-bond donors (Lipinski definition) is 2. The smallest absolute Gasteiger partial charge is 0.277 e. The number of carbonyl (C=O) groups is 1. The van der Waals surface area contributed by atoms with E-state index in [1.807, 2.05) is 18.2 Å². The maximum absolute atomic E-state index is 12.5. The van der Waals surface area contributed by atoms with Crippen molar-refractivity contribution in [1.82, 2.24) is 20.3 Å². The predicted molar refractivity (Wildman–Crippen MR) is 94.0 cm³/mol. The first-order chi connectivity index (χ1) is 11.7. The monoisotopic (exact) mass is 393 g/mol. The van der Waals surface area contributed by atoms with E-state index in [4.69, 9.17) is 4.74 Å². The number of rotatable bonds is 5. The van der Waals surface area contributed by atoms with Gasteiger partial charge in [-0.2, -0.15) is 0 Å². The van der Waals surface area contributed by atoms with Crippen molar-refractivity contribution in [2.24, 2.45) is 0 Å². The standard InChI is InChI=1S/C16H20BrN5O2/c1-24-10-12-13(17)3-2-4-14(12)19-16(23)15-9-22(21-20-15)11-5-7-18-8-6-11/h2-4,9,11,18H,5-8,10H2,1H3,(H,19,23). The average molecular weight is 394 g/mol. The van der Waals surface area contributed by atoms with E-state index in [0.29, 0.717) is 24.0 Å². The number of aromatic nitrogens is 3. The molecule has 1 aromatic heterocycles. The van der Waals surface area contributed by atoms with Crippen molar-refractivity contribution >= 4 is 27.5 Å². The normalized spacial score (nSPS) is 15.4. The molecule has 0 aliphatic carbocycles. The number of benzene rings is 1. The lowest BCUT2D eigenvalue weighted by atomic mass is 10.1. The van der Waals surface area contributed by atoms with Crippen molar-refractivity contribution in [2.75, 3.05) is 25.5 Å². The number of amides is 1. The minimum Gasteiger partial charge on any atom is -0.380 e. The molecule has 2 heterocycles. The molecule has 0 unspecified atom stereocenters. The summed E-state index contributed by atoms with van der Waals surface area (Å²) in [7, 11) is 1.62. The minimum absolute atomic E-state index is 0.273. The molecule has 1 aromatic carbocycles. The Labute approximate surface area is 148 Å². The van der Waals surface area contributed by atoms with Gasteiger partial charge in [-0.15, -0.1) is 5.10 Å². The second-order valence-corrected chi connectivity index (χ2v) is 6.57. The molecule has 0 spiro atoms. The highest BCUT2D eigenvalue weighted by atomic mass is 79.9. The molecule has 24 heavy (non-hydrogen) atoms. The van der Waals surface area contributed by atoms with Crippen LogP contribution in [0.2, 0.25) is 0 Å². The highest BCUT2D eigenvalue weighted by Gasteiger charge is 2.19. The van der Waals surface area contributed by atoms with E-state index in [-0.39, 0.29) is 5.91 Å². The molecule has 7 nitrogen and oxygen atoms in total. The first-order valence-electron chi connectivity index (χ1n) is 7.89. The van der Waals surface area contributed by atoms with E-state index >= 15 is 0 Å². The summed E-state index contributed by atoms with van der Waals surface area (Å²) >= 11 is 3.48. The van der Waals surface area contributed by atoms with Gasteiger partial charge in [0.15, 0.2) is 5.69 Å². The highest BCUT2D eigenvalue weighted by molar-refractivity contribution is 9.10. The largest absolute Gasteiger partial charge is 0.380 e. The van der Waals surface area contributed by atoms with Crippen LogP contribution in [0.25, 0.3) is 0 Å². The van der Waals surface area contributed by atoms with Gasteiger partial charge < -0.3 is 15.4 Å². The summed E-state index contributed by atoms with van der Waals surface area (Å²) < 4.78 is 7.89. The number of carbonyl (C=O) groups excluding carboxylic acids is 1. The molecule has 0 atom stereocenters. The van der Waals surface area contributed by atoms with E-state index in [2.05, 4.69) is 36.9 Å². The SMILES string of the molecule is COCc1c(Br)cccc1NC(=O)c1cn(C2CCNCC2)nn1. The summed E-state index contributed by atoms with van der Waals surface area (Å²) in [5.41, 5.74) is 1.91. The van der Waals surface area contributed by atoms with E-state index in [0.717, 1.165) is 36.0 Å². The number of piperidine rings is 1. The fourth-order valence-electron chi connectivity index (χ4n) is 2.78. The third-order valence-electron chi connectivity index (χ3n) is 4.08. The predicted octanol–water partition coefficient (Wildman–Crippen LogP) is 2.36. The van der Waals surface area contributed by atoms with Crippen molar-refractivity contribution in [3.05, 3.63) is 40.1 Å². The van der Waals surface area contributed by atoms with Gasteiger partial charge in [0, 0.05) is 22.8 Å². The second-order valence-electron chi connectivity index (χ2n) is 5.72. The van der Waals surface area contributed by atoms with Crippen LogP contribution >= 0.6 is 15.9 Å². The molecule has 8 heteroatoms. The zero-order chi connectivity index (χ0) is 16.9. The molecular formula is C16H20BrN5O2. The fraction of sp³-hybridized carbons (Fsp3) is 0.438. The minimum atomic E-state index is -0.273. The van der Waals surface area contributed by atoms with Gasteiger partial charge in [-0.3, -0.25) is 4.79 Å². The van der Waals surface area contributed by atoms with Crippen molar-refractivity contribution in [3.63, 3.8) is 0 Å². The molecule has 1 amide bonds. The second kappa shape index (κ2) is 7.87. The first kappa shape index (κ1) is 17.1. The Morgan fingerprint density at radius 2 is 2.25 bits per heavy atom. The van der Waals surface area contributed by atoms with Crippen LogP contribution in [-0.2, 0) is 11.3 Å². The van der Waals surface area contributed by atoms with E-state index in [1.54, 1.807) is 18.0 Å². The van der Waals surface area contributed by atoms with Crippen molar-refractivity contribution in [2.45, 2.75) is 25.5 Å². The van der Waals surface area contributed by atoms with Gasteiger partial charge in [0.25, 0.3) is 5.91 Å². The van der Waals surface area contributed by atoms with Crippen LogP contribution in [0.3, 0.4) is 0 Å². The Balaban J connectivity index is 1.74. The summed E-state index contributed by atoms with van der Waals surface area (Å²) in [5, 5.41) is 14.4. The highest BCUT2D eigenvalue weighted by Crippen LogP contribution is 2.26. The molecule has 1 aliphatic heterocycles. The summed E-state index contributed by atoms with van der Waals surface area (Å²) in [6.45, 7) is 2.33. The van der Waals surface area contributed by atoms with Gasteiger partial charge in [-0.25, -0.2) is 4.68 Å². The Bertz CT molecular complexity index is 712. The van der Waals surface area contributed by atoms with Crippen LogP contribution in [0.4, 0.5) is 5.69 Å². The lowest BCUT2D eigenvalue weighted by molar-refractivity contribution is 0.102. The number of ether oxygens (including phenoxy) is 1. The van der Waals surface area contributed by atoms with Crippen molar-refractivity contribution in [1.29, 1.82) is 0 Å². The summed E-state index contributed by atoms with van der Waals surface area (Å²) in [4.78, 5) is 12.5. The van der Waals surface area contributed by atoms with Crippen LogP contribution in [0.1, 0.15) is 34.9 Å². The number of halogens is 1. The number of hydrogen-bond acceptors (Lipinski definition) is 5. The third-order valence-corrected chi connectivity index (χ3v) is 4.82. The maximum atomic E-state index is 12.5. The van der Waals surface area contributed by atoms with E-state index in [9.17, 15) is 4.79 Å². The van der Waals surface area contributed by atoms with E-state index in [1.165, 1.54) is 0 Å². The third kappa shape index (κ3) is 3.82. The molecule has 0 saturated carbocycles. The zero-order valence-electron chi connectivity index (χ0n) is 13.5. The molecule has 1 saturated heterocycles. The summed E-state index contributed by atoms with van der Waals surface area (Å²) in [6.07, 6.45) is 3.71. The lowest BCUT2D eigenvalue weighted by Gasteiger charge is -2.22. The van der Waals surface area contributed by atoms with Gasteiger partial charge in [0.1, 0.15) is 0 Å². The van der Waals surface area contributed by atoms with Gasteiger partial charge in [-0.05, 0) is 38.1 Å². The molecule has 3 rings (SSSR count). The van der Waals surface area contributed by atoms with Crippen LogP contribution in [0.15, 0.2) is 28.9 Å². The van der Waals surface area contributed by atoms with Crippen LogP contribution in [0, 0.1) is 0 Å². The Hall–Kier alpha value is -1.77. The Morgan fingerprint density at radius 1 is 1.46 bits per heavy atom. The molecule has 1 aliphatic rings. The van der Waals surface area contributed by atoms with Crippen LogP contribution in [-0.4, -0.2) is 41.1 Å². The number of nitrogens with zero attached hydrogens (tertiary/aromatic N) is 3. The number of anilines is 1. The Kier molecular flexibility index (Phi) is 5.60.